The molecule has 4 bridgehead atoms. The highest BCUT2D eigenvalue weighted by Gasteiger charge is 2.56. The van der Waals surface area contributed by atoms with Gasteiger partial charge in [0.25, 0.3) is 11.8 Å². The van der Waals surface area contributed by atoms with E-state index in [1.165, 1.54) is 37.3 Å². The van der Waals surface area contributed by atoms with Crippen LogP contribution in [0.25, 0.3) is 17.4 Å². The van der Waals surface area contributed by atoms with Crippen LogP contribution in [0.3, 0.4) is 0 Å². The van der Waals surface area contributed by atoms with Crippen molar-refractivity contribution in [2.45, 2.75) is 51.5 Å². The molecule has 2 heterocycles. The van der Waals surface area contributed by atoms with Crippen molar-refractivity contribution in [3.8, 4) is 11.3 Å². The van der Waals surface area contributed by atoms with Crippen molar-refractivity contribution in [3.63, 3.8) is 0 Å². The Kier molecular flexibility index (Phi) is 5.98. The number of carbonyl (C=O) groups is 4. The molecule has 2 aromatic rings. The van der Waals surface area contributed by atoms with Crippen molar-refractivity contribution in [1.82, 2.24) is 10.2 Å². The summed E-state index contributed by atoms with van der Waals surface area (Å²) in [6.07, 6.45) is 8.22. The number of carbonyl (C=O) groups excluding carboxylic acids is 4. The normalized spacial score (nSPS) is 30.1. The van der Waals surface area contributed by atoms with Gasteiger partial charge < -0.3 is 9.15 Å². The molecule has 1 aromatic heterocycles. The highest BCUT2D eigenvalue weighted by molar-refractivity contribution is 6.33. The number of esters is 1. The second-order valence-electron chi connectivity index (χ2n) is 11.3. The van der Waals surface area contributed by atoms with Gasteiger partial charge in [0.2, 0.25) is 0 Å². The maximum absolute atomic E-state index is 13.6. The topological polar surface area (TPSA) is 106 Å². The van der Waals surface area contributed by atoms with Gasteiger partial charge >= 0.3 is 12.0 Å². The predicted octanol–water partition coefficient (Wildman–Crippen LogP) is 5.45. The summed E-state index contributed by atoms with van der Waals surface area (Å²) in [5.41, 5.74) is 0.536. The molecule has 1 saturated heterocycles. The Morgan fingerprint density at radius 1 is 1.11 bits per heavy atom. The molecule has 0 unspecified atom stereocenters. The Morgan fingerprint density at radius 2 is 1.76 bits per heavy atom. The number of benzene rings is 1. The first-order valence-electron chi connectivity index (χ1n) is 13.1. The molecule has 4 saturated carbocycles. The summed E-state index contributed by atoms with van der Waals surface area (Å²) >= 11 is 6.12. The minimum absolute atomic E-state index is 0.0863. The summed E-state index contributed by atoms with van der Waals surface area (Å²) in [6, 6.07) is 7.14. The number of amides is 4. The molecule has 7 rings (SSSR count). The number of rotatable bonds is 5. The molecule has 1 aromatic carbocycles. The number of imide groups is 2. The average Bonchev–Trinajstić information content (AvgIpc) is 3.34. The van der Waals surface area contributed by atoms with Crippen molar-refractivity contribution in [1.29, 1.82) is 0 Å². The van der Waals surface area contributed by atoms with E-state index in [-0.39, 0.29) is 33.4 Å². The summed E-state index contributed by atoms with van der Waals surface area (Å²) in [4.78, 5) is 52.6. The van der Waals surface area contributed by atoms with Crippen molar-refractivity contribution < 1.29 is 28.3 Å². The van der Waals surface area contributed by atoms with Gasteiger partial charge in [0, 0.05) is 11.6 Å². The van der Waals surface area contributed by atoms with Crippen LogP contribution in [0, 0.1) is 23.2 Å². The van der Waals surface area contributed by atoms with E-state index in [1.807, 2.05) is 6.92 Å². The second-order valence-corrected chi connectivity index (χ2v) is 11.7. The number of halogens is 1. The summed E-state index contributed by atoms with van der Waals surface area (Å²) in [6.45, 7) is 1.96. The van der Waals surface area contributed by atoms with E-state index in [0.717, 1.165) is 19.3 Å². The monoisotopic (exact) mass is 536 g/mol. The van der Waals surface area contributed by atoms with Gasteiger partial charge in [-0.15, -0.1) is 0 Å². The highest BCUT2D eigenvalue weighted by Crippen LogP contribution is 2.62. The van der Waals surface area contributed by atoms with Gasteiger partial charge in [0.15, 0.2) is 0 Å². The van der Waals surface area contributed by atoms with Crippen molar-refractivity contribution in [2.75, 3.05) is 7.11 Å². The number of barbiturate groups is 1. The maximum Gasteiger partial charge on any atom is 0.339 e. The largest absolute Gasteiger partial charge is 0.465 e. The van der Waals surface area contributed by atoms with E-state index < -0.39 is 23.8 Å². The first kappa shape index (κ1) is 24.9. The fourth-order valence-corrected chi connectivity index (χ4v) is 7.85. The molecule has 4 amide bonds. The SMILES string of the molecule is COC(=O)c1cc(-c2ccc(/C=C3\C(=O)NC(=O)N([C@@H](C)C45CC6CC(CC(C6)C4)C5)C3=O)o2)ccc1Cl. The fourth-order valence-electron chi connectivity index (χ4n) is 7.66. The average molecular weight is 537 g/mol. The zero-order valence-electron chi connectivity index (χ0n) is 21.3. The number of ether oxygens (including phenoxy) is 1. The van der Waals surface area contributed by atoms with E-state index in [1.54, 1.807) is 30.3 Å². The van der Waals surface area contributed by atoms with E-state index in [9.17, 15) is 19.2 Å². The second kappa shape index (κ2) is 9.12. The third kappa shape index (κ3) is 4.06. The van der Waals surface area contributed by atoms with Crippen LogP contribution in [-0.2, 0) is 14.3 Å². The van der Waals surface area contributed by atoms with Crippen molar-refractivity contribution in [2.24, 2.45) is 23.2 Å². The summed E-state index contributed by atoms with van der Waals surface area (Å²) in [5.74, 6) is 0.758. The van der Waals surface area contributed by atoms with Crippen molar-refractivity contribution >= 4 is 41.5 Å². The number of hydrogen-bond acceptors (Lipinski definition) is 6. The Balaban J connectivity index is 1.28. The lowest BCUT2D eigenvalue weighted by molar-refractivity contribution is -0.139. The van der Waals surface area contributed by atoms with Gasteiger partial charge in [-0.1, -0.05) is 11.6 Å². The number of urea groups is 1. The molecule has 9 heteroatoms. The van der Waals surface area contributed by atoms with Crippen LogP contribution in [0.4, 0.5) is 4.79 Å². The minimum Gasteiger partial charge on any atom is -0.465 e. The van der Waals surface area contributed by atoms with Gasteiger partial charge in [-0.2, -0.15) is 0 Å². The Hall–Kier alpha value is -3.39. The Bertz CT molecular complexity index is 1360. The lowest BCUT2D eigenvalue weighted by atomic mass is 9.47. The first-order chi connectivity index (χ1) is 18.2. The smallest absolute Gasteiger partial charge is 0.339 e. The van der Waals surface area contributed by atoms with Crippen LogP contribution < -0.4 is 5.32 Å². The molecule has 1 N–H and O–H groups in total. The molecular weight excluding hydrogens is 508 g/mol. The Morgan fingerprint density at radius 3 is 2.39 bits per heavy atom. The zero-order valence-corrected chi connectivity index (χ0v) is 22.0. The fraction of sp³-hybridized carbons (Fsp3) is 0.448. The van der Waals surface area contributed by atoms with E-state index in [2.05, 4.69) is 5.32 Å². The van der Waals surface area contributed by atoms with Crippen LogP contribution in [0.5, 0.6) is 0 Å². The van der Waals surface area contributed by atoms with Gasteiger partial charge in [0.05, 0.1) is 17.7 Å². The maximum atomic E-state index is 13.6. The Labute approximate surface area is 225 Å². The van der Waals surface area contributed by atoms with Gasteiger partial charge in [-0.25, -0.2) is 9.59 Å². The summed E-state index contributed by atoms with van der Waals surface area (Å²) in [5, 5.41) is 2.61. The molecule has 38 heavy (non-hydrogen) atoms. The number of furan rings is 1. The number of nitrogens with zero attached hydrogens (tertiary/aromatic N) is 1. The van der Waals surface area contributed by atoms with E-state index in [0.29, 0.717) is 29.1 Å². The van der Waals surface area contributed by atoms with Crippen LogP contribution in [0.1, 0.15) is 61.6 Å². The highest BCUT2D eigenvalue weighted by atomic mass is 35.5. The minimum atomic E-state index is -0.744. The number of nitrogens with one attached hydrogen (secondary N) is 1. The molecule has 0 spiro atoms. The van der Waals surface area contributed by atoms with E-state index >= 15 is 0 Å². The van der Waals surface area contributed by atoms with Crippen molar-refractivity contribution in [3.05, 3.63) is 52.3 Å². The first-order valence-corrected chi connectivity index (χ1v) is 13.4. The summed E-state index contributed by atoms with van der Waals surface area (Å²) < 4.78 is 10.7. The summed E-state index contributed by atoms with van der Waals surface area (Å²) in [7, 11) is 1.27. The van der Waals surface area contributed by atoms with Crippen LogP contribution in [0.15, 0.2) is 40.3 Å². The van der Waals surface area contributed by atoms with Gasteiger partial charge in [-0.05, 0) is 105 Å². The van der Waals surface area contributed by atoms with Crippen LogP contribution in [-0.4, -0.2) is 41.9 Å². The van der Waals surface area contributed by atoms with Gasteiger partial charge in [0.1, 0.15) is 17.1 Å². The van der Waals surface area contributed by atoms with Crippen LogP contribution >= 0.6 is 11.6 Å². The lowest BCUT2D eigenvalue weighted by Crippen LogP contribution is -2.63. The predicted molar refractivity (Wildman–Crippen MR) is 139 cm³/mol. The third-order valence-electron chi connectivity index (χ3n) is 9.06. The van der Waals surface area contributed by atoms with E-state index in [4.69, 9.17) is 20.8 Å². The zero-order chi connectivity index (χ0) is 26.8. The molecule has 8 nitrogen and oxygen atoms in total. The molecule has 5 aliphatic rings. The third-order valence-corrected chi connectivity index (χ3v) is 9.39. The molecule has 1 atom stereocenters. The lowest BCUT2D eigenvalue weighted by Gasteiger charge is -2.60. The molecular formula is C29H29ClN2O6. The molecule has 5 fully saturated rings. The molecule has 0 radical (unpaired) electrons. The number of hydrogen-bond donors (Lipinski definition) is 1. The number of methoxy groups -OCH3 is 1. The standard InChI is InChI=1S/C29H29ClN2O6/c1-15(29-12-16-7-17(13-29)9-18(8-16)14-29)32-26(34)22(25(33)31-28(32)36)11-20-4-6-24(38-20)19-3-5-23(30)21(10-19)27(35)37-2/h3-6,10-11,15-18H,7-9,12-14H2,1-2H3,(H,31,33,36)/b22-11+/t15-,16?,17?,18?,29?/m0/s1. The van der Waals surface area contributed by atoms with Gasteiger partial charge in [-0.3, -0.25) is 19.8 Å². The quantitative estimate of drug-likeness (QED) is 0.309. The molecule has 198 valence electrons. The molecule has 1 aliphatic heterocycles. The van der Waals surface area contributed by atoms with Crippen LogP contribution in [0.2, 0.25) is 5.02 Å². The molecule has 4 aliphatic carbocycles.